The molecule has 0 saturated heterocycles. The summed E-state index contributed by atoms with van der Waals surface area (Å²) >= 11 is 0. The normalized spacial score (nSPS) is 13.5. The molecule has 0 radical (unpaired) electrons. The number of unbranched alkanes of at least 4 members (excludes halogenated alkanes) is 2. The molecule has 0 amide bonds. The highest BCUT2D eigenvalue weighted by atomic mass is 15.1. The summed E-state index contributed by atoms with van der Waals surface area (Å²) in [5.74, 6) is 0. The molecule has 86 valence electrons. The summed E-state index contributed by atoms with van der Waals surface area (Å²) in [6, 6.07) is 0.736. The summed E-state index contributed by atoms with van der Waals surface area (Å²) < 4.78 is 0. The average Bonchev–Trinajstić information content (AvgIpc) is 2.18. The van der Waals surface area contributed by atoms with Crippen molar-refractivity contribution in [3.8, 4) is 0 Å². The largest absolute Gasteiger partial charge is 0.320 e. The smallest absolute Gasteiger partial charge is 0.00643 e. The Bertz CT molecular complexity index is 101. The highest BCUT2D eigenvalue weighted by Gasteiger charge is 2.07. The minimum atomic E-state index is 0.736. The molecule has 0 spiro atoms. The molecule has 0 saturated carbocycles. The second kappa shape index (κ2) is 9.47. The highest BCUT2D eigenvalue weighted by molar-refractivity contribution is 4.63. The van der Waals surface area contributed by atoms with Crippen LogP contribution in [0.3, 0.4) is 0 Å². The van der Waals surface area contributed by atoms with Gasteiger partial charge in [-0.05, 0) is 53.4 Å². The Morgan fingerprint density at radius 1 is 1.21 bits per heavy atom. The van der Waals surface area contributed by atoms with Crippen molar-refractivity contribution in [3.63, 3.8) is 0 Å². The van der Waals surface area contributed by atoms with Gasteiger partial charge in [0.25, 0.3) is 0 Å². The molecule has 0 aliphatic rings. The van der Waals surface area contributed by atoms with Gasteiger partial charge in [-0.3, -0.25) is 0 Å². The topological polar surface area (TPSA) is 15.3 Å². The molecule has 1 atom stereocenters. The fraction of sp³-hybridized carbons (Fsp3) is 1.00. The van der Waals surface area contributed by atoms with Crippen molar-refractivity contribution in [2.45, 2.75) is 52.0 Å². The standard InChI is InChI=1S/C12H28N2/c1-5-6-7-11-14(4)12(2)9-8-10-13-3/h12-13H,5-11H2,1-4H3. The first-order valence-corrected chi connectivity index (χ1v) is 6.07. The van der Waals surface area contributed by atoms with E-state index in [1.807, 2.05) is 7.05 Å². The zero-order valence-electron chi connectivity index (χ0n) is 10.5. The van der Waals surface area contributed by atoms with Gasteiger partial charge in [0.05, 0.1) is 0 Å². The van der Waals surface area contributed by atoms with Gasteiger partial charge in [0.2, 0.25) is 0 Å². The maximum absolute atomic E-state index is 3.20. The molecule has 2 nitrogen and oxygen atoms in total. The van der Waals surface area contributed by atoms with Crippen LogP contribution in [0.25, 0.3) is 0 Å². The maximum atomic E-state index is 3.20. The van der Waals surface area contributed by atoms with Crippen molar-refractivity contribution < 1.29 is 0 Å². The molecule has 0 fully saturated rings. The summed E-state index contributed by atoms with van der Waals surface area (Å²) in [4.78, 5) is 2.49. The zero-order valence-corrected chi connectivity index (χ0v) is 10.5. The third-order valence-electron chi connectivity index (χ3n) is 2.92. The number of nitrogens with one attached hydrogen (secondary N) is 1. The lowest BCUT2D eigenvalue weighted by molar-refractivity contribution is 0.238. The second-order valence-electron chi connectivity index (χ2n) is 4.28. The molecule has 0 aliphatic heterocycles. The van der Waals surface area contributed by atoms with Crippen molar-refractivity contribution in [2.75, 3.05) is 27.2 Å². The summed E-state index contributed by atoms with van der Waals surface area (Å²) in [6.07, 6.45) is 6.64. The second-order valence-corrected chi connectivity index (χ2v) is 4.28. The Kier molecular flexibility index (Phi) is 9.42. The summed E-state index contributed by atoms with van der Waals surface area (Å²) in [7, 11) is 4.27. The van der Waals surface area contributed by atoms with E-state index in [4.69, 9.17) is 0 Å². The van der Waals surface area contributed by atoms with Gasteiger partial charge in [-0.25, -0.2) is 0 Å². The van der Waals surface area contributed by atoms with Crippen molar-refractivity contribution >= 4 is 0 Å². The Morgan fingerprint density at radius 3 is 2.50 bits per heavy atom. The first kappa shape index (κ1) is 13.9. The molecule has 0 rings (SSSR count). The van der Waals surface area contributed by atoms with Crippen LogP contribution < -0.4 is 5.32 Å². The number of nitrogens with zero attached hydrogens (tertiary/aromatic N) is 1. The van der Waals surface area contributed by atoms with Crippen LogP contribution in [0.2, 0.25) is 0 Å². The van der Waals surface area contributed by atoms with Crippen LogP contribution >= 0.6 is 0 Å². The Labute approximate surface area is 90.1 Å². The summed E-state index contributed by atoms with van der Waals surface area (Å²) in [5.41, 5.74) is 0. The van der Waals surface area contributed by atoms with E-state index < -0.39 is 0 Å². The monoisotopic (exact) mass is 200 g/mol. The Balaban J connectivity index is 3.39. The van der Waals surface area contributed by atoms with Crippen LogP contribution in [-0.4, -0.2) is 38.1 Å². The lowest BCUT2D eigenvalue weighted by Gasteiger charge is -2.24. The van der Waals surface area contributed by atoms with Gasteiger partial charge >= 0.3 is 0 Å². The molecular formula is C12H28N2. The first-order valence-electron chi connectivity index (χ1n) is 6.07. The van der Waals surface area contributed by atoms with Crippen LogP contribution in [0.15, 0.2) is 0 Å². The molecule has 0 aromatic rings. The van der Waals surface area contributed by atoms with E-state index in [0.29, 0.717) is 0 Å². The molecule has 2 heteroatoms. The van der Waals surface area contributed by atoms with Gasteiger partial charge < -0.3 is 10.2 Å². The minimum Gasteiger partial charge on any atom is -0.320 e. The predicted molar refractivity (Wildman–Crippen MR) is 64.8 cm³/mol. The quantitative estimate of drug-likeness (QED) is 0.575. The molecule has 0 aromatic carbocycles. The maximum Gasteiger partial charge on any atom is 0.00643 e. The molecule has 1 N–H and O–H groups in total. The van der Waals surface area contributed by atoms with Crippen LogP contribution in [0.4, 0.5) is 0 Å². The van der Waals surface area contributed by atoms with Crippen molar-refractivity contribution in [3.05, 3.63) is 0 Å². The van der Waals surface area contributed by atoms with Gasteiger partial charge in [-0.2, -0.15) is 0 Å². The molecule has 1 unspecified atom stereocenters. The van der Waals surface area contributed by atoms with Gasteiger partial charge in [0.15, 0.2) is 0 Å². The average molecular weight is 200 g/mol. The van der Waals surface area contributed by atoms with E-state index in [1.165, 1.54) is 38.6 Å². The van der Waals surface area contributed by atoms with E-state index in [9.17, 15) is 0 Å². The third-order valence-corrected chi connectivity index (χ3v) is 2.92. The molecule has 0 bridgehead atoms. The van der Waals surface area contributed by atoms with Crippen LogP contribution in [-0.2, 0) is 0 Å². The third kappa shape index (κ3) is 7.34. The SMILES string of the molecule is CCCCCN(C)C(C)CCCNC. The van der Waals surface area contributed by atoms with Crippen LogP contribution in [0.5, 0.6) is 0 Å². The molecule has 0 heterocycles. The fourth-order valence-electron chi connectivity index (χ4n) is 1.63. The van der Waals surface area contributed by atoms with E-state index in [1.54, 1.807) is 0 Å². The Hall–Kier alpha value is -0.0800. The van der Waals surface area contributed by atoms with E-state index in [2.05, 4.69) is 31.1 Å². The number of hydrogen-bond donors (Lipinski definition) is 1. The Morgan fingerprint density at radius 2 is 1.93 bits per heavy atom. The van der Waals surface area contributed by atoms with E-state index in [0.717, 1.165) is 12.6 Å². The molecule has 0 aromatic heterocycles. The van der Waals surface area contributed by atoms with Crippen LogP contribution in [0.1, 0.15) is 46.0 Å². The zero-order chi connectivity index (χ0) is 10.8. The van der Waals surface area contributed by atoms with Crippen molar-refractivity contribution in [1.82, 2.24) is 10.2 Å². The highest BCUT2D eigenvalue weighted by Crippen LogP contribution is 2.06. The van der Waals surface area contributed by atoms with Gasteiger partial charge in [-0.1, -0.05) is 19.8 Å². The predicted octanol–water partition coefficient (Wildman–Crippen LogP) is 2.50. The molecule has 0 aliphatic carbocycles. The minimum absolute atomic E-state index is 0.736. The lowest BCUT2D eigenvalue weighted by atomic mass is 10.1. The van der Waals surface area contributed by atoms with Crippen molar-refractivity contribution in [1.29, 1.82) is 0 Å². The summed E-state index contributed by atoms with van der Waals surface area (Å²) in [5, 5.41) is 3.20. The van der Waals surface area contributed by atoms with E-state index >= 15 is 0 Å². The van der Waals surface area contributed by atoms with Crippen molar-refractivity contribution in [2.24, 2.45) is 0 Å². The van der Waals surface area contributed by atoms with Gasteiger partial charge in [-0.15, -0.1) is 0 Å². The first-order chi connectivity index (χ1) is 6.72. The summed E-state index contributed by atoms with van der Waals surface area (Å²) in [6.45, 7) is 7.00. The van der Waals surface area contributed by atoms with Gasteiger partial charge in [0, 0.05) is 6.04 Å². The molecular weight excluding hydrogens is 172 g/mol. The lowest BCUT2D eigenvalue weighted by Crippen LogP contribution is -2.30. The molecule has 14 heavy (non-hydrogen) atoms. The van der Waals surface area contributed by atoms with Gasteiger partial charge in [0.1, 0.15) is 0 Å². The number of hydrogen-bond acceptors (Lipinski definition) is 2. The van der Waals surface area contributed by atoms with Crippen LogP contribution in [0, 0.1) is 0 Å². The number of rotatable bonds is 9. The van der Waals surface area contributed by atoms with E-state index in [-0.39, 0.29) is 0 Å². The fourth-order valence-corrected chi connectivity index (χ4v) is 1.63.